The van der Waals surface area contributed by atoms with Crippen LogP contribution < -0.4 is 0 Å². The smallest absolute Gasteiger partial charge is 0.142 e. The van der Waals surface area contributed by atoms with Crippen LogP contribution in [-0.2, 0) is 6.54 Å². The first-order chi connectivity index (χ1) is 8.63. The quantitative estimate of drug-likeness (QED) is 0.941. The maximum atomic E-state index is 13.2. The van der Waals surface area contributed by atoms with E-state index < -0.39 is 6.10 Å². The van der Waals surface area contributed by atoms with Crippen LogP contribution in [-0.4, -0.2) is 14.7 Å². The molecule has 1 atom stereocenters. The minimum atomic E-state index is -0.934. The highest BCUT2D eigenvalue weighted by Gasteiger charge is 2.19. The molecule has 0 bridgehead atoms. The number of nitrogens with zero attached hydrogens (tertiary/aromatic N) is 2. The Morgan fingerprint density at radius 1 is 1.50 bits per heavy atom. The van der Waals surface area contributed by atoms with Crippen molar-refractivity contribution in [3.63, 3.8) is 0 Å². The van der Waals surface area contributed by atoms with Gasteiger partial charge in [0.05, 0.1) is 0 Å². The number of hydrogen-bond acceptors (Lipinski definition) is 2. The molecule has 2 aromatic rings. The van der Waals surface area contributed by atoms with Crippen molar-refractivity contribution in [3.05, 3.63) is 52.3 Å². The molecule has 0 amide bonds. The van der Waals surface area contributed by atoms with Gasteiger partial charge in [0.15, 0.2) is 0 Å². The normalized spacial score (nSPS) is 12.7. The number of benzene rings is 1. The highest BCUT2D eigenvalue weighted by molar-refractivity contribution is 9.10. The van der Waals surface area contributed by atoms with Crippen LogP contribution in [0, 0.1) is 5.82 Å². The zero-order chi connectivity index (χ0) is 13.1. The highest BCUT2D eigenvalue weighted by Crippen LogP contribution is 2.28. The van der Waals surface area contributed by atoms with Crippen molar-refractivity contribution in [2.45, 2.75) is 26.0 Å². The number of aryl methyl sites for hydroxylation is 1. The fourth-order valence-electron chi connectivity index (χ4n) is 1.86. The minimum absolute atomic E-state index is 0.374. The first-order valence-corrected chi connectivity index (χ1v) is 6.56. The zero-order valence-electron chi connectivity index (χ0n) is 9.98. The van der Waals surface area contributed by atoms with E-state index in [9.17, 15) is 9.50 Å². The monoisotopic (exact) mass is 312 g/mol. The summed E-state index contributed by atoms with van der Waals surface area (Å²) in [5.41, 5.74) is 0.485. The molecule has 1 heterocycles. The van der Waals surface area contributed by atoms with Crippen LogP contribution in [0.1, 0.15) is 30.8 Å². The van der Waals surface area contributed by atoms with Crippen LogP contribution in [0.15, 0.2) is 35.1 Å². The predicted molar refractivity (Wildman–Crippen MR) is 70.7 cm³/mol. The molecule has 0 saturated heterocycles. The Kier molecular flexibility index (Phi) is 4.14. The number of imidazole rings is 1. The SMILES string of the molecule is CCCn1ccnc1C(O)c1cc(F)ccc1Br. The van der Waals surface area contributed by atoms with Crippen LogP contribution in [0.5, 0.6) is 0 Å². The van der Waals surface area contributed by atoms with Crippen LogP contribution in [0.2, 0.25) is 0 Å². The van der Waals surface area contributed by atoms with E-state index >= 15 is 0 Å². The van der Waals surface area contributed by atoms with Gasteiger partial charge < -0.3 is 9.67 Å². The Labute approximate surface area is 113 Å². The molecule has 0 radical (unpaired) electrons. The van der Waals surface area contributed by atoms with Gasteiger partial charge in [-0.2, -0.15) is 0 Å². The number of aliphatic hydroxyl groups excluding tert-OH is 1. The van der Waals surface area contributed by atoms with Gasteiger partial charge in [-0.25, -0.2) is 9.37 Å². The number of aliphatic hydroxyl groups is 1. The number of aromatic nitrogens is 2. The summed E-state index contributed by atoms with van der Waals surface area (Å²) in [5.74, 6) is 0.156. The van der Waals surface area contributed by atoms with Crippen molar-refractivity contribution in [2.24, 2.45) is 0 Å². The highest BCUT2D eigenvalue weighted by atomic mass is 79.9. The molecule has 0 aliphatic heterocycles. The first kappa shape index (κ1) is 13.2. The van der Waals surface area contributed by atoms with Crippen molar-refractivity contribution >= 4 is 15.9 Å². The van der Waals surface area contributed by atoms with E-state index in [2.05, 4.69) is 20.9 Å². The van der Waals surface area contributed by atoms with Gasteiger partial charge in [-0.05, 0) is 24.6 Å². The lowest BCUT2D eigenvalue weighted by Crippen LogP contribution is -2.10. The molecule has 3 nitrogen and oxygen atoms in total. The van der Waals surface area contributed by atoms with Crippen LogP contribution >= 0.6 is 15.9 Å². The second kappa shape index (κ2) is 5.63. The zero-order valence-corrected chi connectivity index (χ0v) is 11.6. The predicted octanol–water partition coefficient (Wildman–Crippen LogP) is 3.28. The van der Waals surface area contributed by atoms with E-state index in [-0.39, 0.29) is 5.82 Å². The van der Waals surface area contributed by atoms with Crippen molar-refractivity contribution in [1.29, 1.82) is 0 Å². The van der Waals surface area contributed by atoms with Crippen LogP contribution in [0.4, 0.5) is 4.39 Å². The van der Waals surface area contributed by atoms with E-state index in [4.69, 9.17) is 0 Å². The molecule has 1 N–H and O–H groups in total. The summed E-state index contributed by atoms with van der Waals surface area (Å²) in [7, 11) is 0. The number of rotatable bonds is 4. The average Bonchev–Trinajstić information content (AvgIpc) is 2.80. The summed E-state index contributed by atoms with van der Waals surface area (Å²) >= 11 is 3.32. The van der Waals surface area contributed by atoms with Crippen LogP contribution in [0.25, 0.3) is 0 Å². The Morgan fingerprint density at radius 3 is 3.00 bits per heavy atom. The Hall–Kier alpha value is -1.20. The van der Waals surface area contributed by atoms with Crippen molar-refractivity contribution < 1.29 is 9.50 Å². The standard InChI is InChI=1S/C13H14BrFN2O/c1-2-6-17-7-5-16-13(17)12(18)10-8-9(15)3-4-11(10)14/h3-5,7-8,12,18H,2,6H2,1H3. The summed E-state index contributed by atoms with van der Waals surface area (Å²) in [6.07, 6.45) is 3.47. The van der Waals surface area contributed by atoms with Crippen molar-refractivity contribution in [2.75, 3.05) is 0 Å². The molecule has 0 fully saturated rings. The van der Waals surface area contributed by atoms with E-state index in [1.165, 1.54) is 12.1 Å². The topological polar surface area (TPSA) is 38.0 Å². The largest absolute Gasteiger partial charge is 0.380 e. The maximum absolute atomic E-state index is 13.2. The fourth-order valence-corrected chi connectivity index (χ4v) is 2.33. The molecule has 5 heteroatoms. The van der Waals surface area contributed by atoms with Gasteiger partial charge in [0.1, 0.15) is 17.7 Å². The van der Waals surface area contributed by atoms with E-state index in [0.717, 1.165) is 13.0 Å². The fraction of sp³-hybridized carbons (Fsp3) is 0.308. The molecular weight excluding hydrogens is 299 g/mol. The molecule has 0 aliphatic carbocycles. The van der Waals surface area contributed by atoms with Gasteiger partial charge in [-0.15, -0.1) is 0 Å². The summed E-state index contributed by atoms with van der Waals surface area (Å²) in [5, 5.41) is 10.3. The molecule has 1 aromatic heterocycles. The maximum Gasteiger partial charge on any atom is 0.142 e. The molecule has 2 rings (SSSR count). The first-order valence-electron chi connectivity index (χ1n) is 5.77. The minimum Gasteiger partial charge on any atom is -0.380 e. The lowest BCUT2D eigenvalue weighted by atomic mass is 10.1. The molecule has 0 spiro atoms. The summed E-state index contributed by atoms with van der Waals surface area (Å²) in [6.45, 7) is 2.83. The van der Waals surface area contributed by atoms with Gasteiger partial charge in [-0.3, -0.25) is 0 Å². The van der Waals surface area contributed by atoms with Gasteiger partial charge >= 0.3 is 0 Å². The third-order valence-corrected chi connectivity index (χ3v) is 3.43. The lowest BCUT2D eigenvalue weighted by Gasteiger charge is -2.14. The number of halogens is 2. The van der Waals surface area contributed by atoms with Gasteiger partial charge in [0.25, 0.3) is 0 Å². The second-order valence-electron chi connectivity index (χ2n) is 4.05. The Bertz CT molecular complexity index is 542. The van der Waals surface area contributed by atoms with Crippen molar-refractivity contribution in [1.82, 2.24) is 9.55 Å². The molecule has 0 saturated carbocycles. The molecule has 1 unspecified atom stereocenters. The number of hydrogen-bond donors (Lipinski definition) is 1. The average molecular weight is 313 g/mol. The van der Waals surface area contributed by atoms with Crippen molar-refractivity contribution in [3.8, 4) is 0 Å². The summed E-state index contributed by atoms with van der Waals surface area (Å²) < 4.78 is 15.8. The van der Waals surface area contributed by atoms with Crippen LogP contribution in [0.3, 0.4) is 0 Å². The van der Waals surface area contributed by atoms with E-state index in [1.54, 1.807) is 12.3 Å². The van der Waals surface area contributed by atoms with Gasteiger partial charge in [-0.1, -0.05) is 22.9 Å². The van der Waals surface area contributed by atoms with Gasteiger partial charge in [0.2, 0.25) is 0 Å². The Morgan fingerprint density at radius 2 is 2.28 bits per heavy atom. The van der Waals surface area contributed by atoms with E-state index in [0.29, 0.717) is 15.9 Å². The summed E-state index contributed by atoms with van der Waals surface area (Å²) in [6, 6.07) is 4.25. The molecule has 18 heavy (non-hydrogen) atoms. The van der Waals surface area contributed by atoms with E-state index in [1.807, 2.05) is 17.7 Å². The molecular formula is C13H14BrFN2O. The molecule has 1 aromatic carbocycles. The lowest BCUT2D eigenvalue weighted by molar-refractivity contribution is 0.203. The third-order valence-electron chi connectivity index (χ3n) is 2.71. The summed E-state index contributed by atoms with van der Waals surface area (Å²) in [4.78, 5) is 4.15. The van der Waals surface area contributed by atoms with Gasteiger partial charge in [0, 0.05) is 29.0 Å². The third kappa shape index (κ3) is 2.62. The Balaban J connectivity index is 2.38. The second-order valence-corrected chi connectivity index (χ2v) is 4.90. The molecule has 96 valence electrons. The molecule has 0 aliphatic rings.